The monoisotopic (exact) mass is 271 g/mol. The van der Waals surface area contributed by atoms with Gasteiger partial charge in [-0.1, -0.05) is 30.3 Å². The molecule has 0 radical (unpaired) electrons. The molecule has 20 heavy (non-hydrogen) atoms. The smallest absolute Gasteiger partial charge is 0.355 e. The standard InChI is InChI=1S/C15H13NO4/c1-10-7-8-12(13(16-10)14(17)18)15(19)20-9-11-5-3-2-4-6-11/h2-8H,9H2,1H3,(H,17,18). The zero-order valence-electron chi connectivity index (χ0n) is 10.9. The Balaban J connectivity index is 2.15. The van der Waals surface area contributed by atoms with E-state index in [2.05, 4.69) is 4.98 Å². The number of carboxylic acids is 1. The molecule has 2 rings (SSSR count). The molecule has 1 N–H and O–H groups in total. The Morgan fingerprint density at radius 3 is 2.50 bits per heavy atom. The largest absolute Gasteiger partial charge is 0.476 e. The summed E-state index contributed by atoms with van der Waals surface area (Å²) in [7, 11) is 0. The number of esters is 1. The number of aromatic carboxylic acids is 1. The number of pyridine rings is 1. The van der Waals surface area contributed by atoms with Gasteiger partial charge in [-0.05, 0) is 24.6 Å². The van der Waals surface area contributed by atoms with Gasteiger partial charge in [-0.2, -0.15) is 0 Å². The molecule has 102 valence electrons. The lowest BCUT2D eigenvalue weighted by Crippen LogP contribution is -2.14. The number of carbonyl (C=O) groups is 2. The predicted molar refractivity (Wildman–Crippen MR) is 71.5 cm³/mol. The normalized spacial score (nSPS) is 10.1. The van der Waals surface area contributed by atoms with Crippen molar-refractivity contribution in [3.63, 3.8) is 0 Å². The van der Waals surface area contributed by atoms with E-state index in [1.165, 1.54) is 6.07 Å². The summed E-state index contributed by atoms with van der Waals surface area (Å²) in [5, 5.41) is 9.05. The van der Waals surface area contributed by atoms with E-state index in [0.29, 0.717) is 5.69 Å². The van der Waals surface area contributed by atoms with Crippen LogP contribution in [-0.2, 0) is 11.3 Å². The van der Waals surface area contributed by atoms with Gasteiger partial charge in [0.15, 0.2) is 5.69 Å². The summed E-state index contributed by atoms with van der Waals surface area (Å²) in [6.07, 6.45) is 0. The summed E-state index contributed by atoms with van der Waals surface area (Å²) in [6, 6.07) is 12.2. The van der Waals surface area contributed by atoms with Crippen LogP contribution < -0.4 is 0 Å². The second-order valence-corrected chi connectivity index (χ2v) is 4.22. The second-order valence-electron chi connectivity index (χ2n) is 4.22. The highest BCUT2D eigenvalue weighted by Crippen LogP contribution is 2.11. The number of carboxylic acid groups (broad SMARTS) is 1. The van der Waals surface area contributed by atoms with Crippen LogP contribution >= 0.6 is 0 Å². The molecule has 0 fully saturated rings. The highest BCUT2D eigenvalue weighted by Gasteiger charge is 2.19. The number of carbonyl (C=O) groups excluding carboxylic acids is 1. The van der Waals surface area contributed by atoms with Crippen molar-refractivity contribution in [2.45, 2.75) is 13.5 Å². The number of hydrogen-bond donors (Lipinski definition) is 1. The van der Waals surface area contributed by atoms with Crippen LogP contribution in [0.3, 0.4) is 0 Å². The van der Waals surface area contributed by atoms with Gasteiger partial charge in [0.05, 0.1) is 5.56 Å². The average Bonchev–Trinajstić information content (AvgIpc) is 2.45. The van der Waals surface area contributed by atoms with Crippen LogP contribution in [-0.4, -0.2) is 22.0 Å². The van der Waals surface area contributed by atoms with Crippen LogP contribution in [0.2, 0.25) is 0 Å². The van der Waals surface area contributed by atoms with Crippen LogP contribution in [0.25, 0.3) is 0 Å². The zero-order chi connectivity index (χ0) is 14.5. The van der Waals surface area contributed by atoms with Crippen molar-refractivity contribution < 1.29 is 19.4 Å². The number of ether oxygens (including phenoxy) is 1. The molecule has 0 aliphatic carbocycles. The first-order valence-corrected chi connectivity index (χ1v) is 6.00. The van der Waals surface area contributed by atoms with Crippen LogP contribution in [0.15, 0.2) is 42.5 Å². The van der Waals surface area contributed by atoms with Gasteiger partial charge in [0, 0.05) is 5.69 Å². The molecule has 1 aromatic heterocycles. The molecule has 0 unspecified atom stereocenters. The summed E-state index contributed by atoms with van der Waals surface area (Å²) in [5.41, 5.74) is 1.03. The van der Waals surface area contributed by atoms with E-state index < -0.39 is 11.9 Å². The lowest BCUT2D eigenvalue weighted by molar-refractivity contribution is 0.0462. The maximum absolute atomic E-state index is 11.9. The van der Waals surface area contributed by atoms with E-state index in [0.717, 1.165) is 5.56 Å². The lowest BCUT2D eigenvalue weighted by Gasteiger charge is -2.07. The first-order chi connectivity index (χ1) is 9.58. The Hall–Kier alpha value is -2.69. The molecule has 0 atom stereocenters. The average molecular weight is 271 g/mol. The first-order valence-electron chi connectivity index (χ1n) is 6.00. The quantitative estimate of drug-likeness (QED) is 0.864. The third kappa shape index (κ3) is 3.20. The molecule has 1 aromatic carbocycles. The number of hydrogen-bond acceptors (Lipinski definition) is 4. The van der Waals surface area contributed by atoms with Gasteiger partial charge >= 0.3 is 11.9 Å². The van der Waals surface area contributed by atoms with Crippen molar-refractivity contribution in [1.82, 2.24) is 4.98 Å². The minimum absolute atomic E-state index is 0.0426. The van der Waals surface area contributed by atoms with Crippen molar-refractivity contribution >= 4 is 11.9 Å². The minimum atomic E-state index is -1.25. The van der Waals surface area contributed by atoms with Crippen molar-refractivity contribution in [3.05, 3.63) is 65.0 Å². The maximum atomic E-state index is 11.9. The Labute approximate surface area is 115 Å². The fourth-order valence-electron chi connectivity index (χ4n) is 1.69. The molecule has 5 nitrogen and oxygen atoms in total. The van der Waals surface area contributed by atoms with Crippen LogP contribution in [0.1, 0.15) is 32.1 Å². The van der Waals surface area contributed by atoms with E-state index >= 15 is 0 Å². The summed E-state index contributed by atoms with van der Waals surface area (Å²) in [6.45, 7) is 1.75. The van der Waals surface area contributed by atoms with Gasteiger partial charge in [0.2, 0.25) is 0 Å². The van der Waals surface area contributed by atoms with Gasteiger partial charge in [-0.25, -0.2) is 14.6 Å². The number of nitrogens with zero attached hydrogens (tertiary/aromatic N) is 1. The van der Waals surface area contributed by atoms with Crippen molar-refractivity contribution in [2.75, 3.05) is 0 Å². The van der Waals surface area contributed by atoms with Gasteiger partial charge in [-0.15, -0.1) is 0 Å². The Morgan fingerprint density at radius 2 is 1.85 bits per heavy atom. The molecule has 0 aliphatic rings. The summed E-state index contributed by atoms with van der Waals surface area (Å²) in [4.78, 5) is 26.9. The topological polar surface area (TPSA) is 76.5 Å². The Kier molecular flexibility index (Phi) is 4.10. The number of benzene rings is 1. The fourth-order valence-corrected chi connectivity index (χ4v) is 1.69. The van der Waals surface area contributed by atoms with Crippen LogP contribution in [0, 0.1) is 6.92 Å². The minimum Gasteiger partial charge on any atom is -0.476 e. The summed E-state index contributed by atoms with van der Waals surface area (Å²) >= 11 is 0. The molecule has 2 aromatic rings. The number of rotatable bonds is 4. The fraction of sp³-hybridized carbons (Fsp3) is 0.133. The lowest BCUT2D eigenvalue weighted by atomic mass is 10.1. The third-order valence-electron chi connectivity index (χ3n) is 2.67. The molecule has 1 heterocycles. The van der Waals surface area contributed by atoms with Crippen molar-refractivity contribution in [2.24, 2.45) is 0 Å². The Morgan fingerprint density at radius 1 is 1.15 bits per heavy atom. The summed E-state index contributed by atoms with van der Waals surface area (Å²) < 4.78 is 5.10. The van der Waals surface area contributed by atoms with Crippen molar-refractivity contribution in [1.29, 1.82) is 0 Å². The molecular weight excluding hydrogens is 258 g/mol. The Bertz CT molecular complexity index is 638. The van der Waals surface area contributed by atoms with Crippen LogP contribution in [0.5, 0.6) is 0 Å². The molecule has 0 bridgehead atoms. The molecule has 5 heteroatoms. The van der Waals surface area contributed by atoms with Gasteiger partial charge in [-0.3, -0.25) is 0 Å². The predicted octanol–water partition coefficient (Wildman–Crippen LogP) is 2.45. The van der Waals surface area contributed by atoms with Crippen LogP contribution in [0.4, 0.5) is 0 Å². The molecule has 0 saturated carbocycles. The molecule has 0 amide bonds. The summed E-state index contributed by atoms with van der Waals surface area (Å²) in [5.74, 6) is -1.95. The molecule has 0 spiro atoms. The zero-order valence-corrected chi connectivity index (χ0v) is 10.9. The van der Waals surface area contributed by atoms with E-state index in [4.69, 9.17) is 9.84 Å². The molecule has 0 aliphatic heterocycles. The van der Waals surface area contributed by atoms with E-state index in [1.807, 2.05) is 30.3 Å². The van der Waals surface area contributed by atoms with E-state index in [-0.39, 0.29) is 17.9 Å². The highest BCUT2D eigenvalue weighted by atomic mass is 16.5. The van der Waals surface area contributed by atoms with E-state index in [9.17, 15) is 9.59 Å². The van der Waals surface area contributed by atoms with Gasteiger partial charge in [0.25, 0.3) is 0 Å². The SMILES string of the molecule is Cc1ccc(C(=O)OCc2ccccc2)c(C(=O)O)n1. The van der Waals surface area contributed by atoms with E-state index in [1.54, 1.807) is 13.0 Å². The highest BCUT2D eigenvalue weighted by molar-refractivity contribution is 6.01. The van der Waals surface area contributed by atoms with Gasteiger partial charge in [0.1, 0.15) is 6.61 Å². The molecule has 0 saturated heterocycles. The number of aromatic nitrogens is 1. The first kappa shape index (κ1) is 13.7. The maximum Gasteiger partial charge on any atom is 0.355 e. The second kappa shape index (κ2) is 5.97. The molecular formula is C15H13NO4. The number of aryl methyl sites for hydroxylation is 1. The van der Waals surface area contributed by atoms with Crippen molar-refractivity contribution in [3.8, 4) is 0 Å². The van der Waals surface area contributed by atoms with Gasteiger partial charge < -0.3 is 9.84 Å². The third-order valence-corrected chi connectivity index (χ3v) is 2.67.